The topological polar surface area (TPSA) is 38.7 Å². The van der Waals surface area contributed by atoms with Crippen molar-refractivity contribution in [2.45, 2.75) is 0 Å². The first kappa shape index (κ1) is 27.3. The van der Waals surface area contributed by atoms with E-state index in [1.807, 2.05) is 36.5 Å². The van der Waals surface area contributed by atoms with Crippen LogP contribution >= 0.6 is 11.3 Å². The molecule has 0 atom stereocenters. The molecule has 0 fully saturated rings. The summed E-state index contributed by atoms with van der Waals surface area (Å²) < 4.78 is 2.43. The fraction of sp³-hybridized carbons (Fsp3) is 0. The highest BCUT2D eigenvalue weighted by Gasteiger charge is 2.17. The van der Waals surface area contributed by atoms with E-state index < -0.39 is 0 Å². The fourth-order valence-electron chi connectivity index (χ4n) is 6.48. The minimum Gasteiger partial charge on any atom is -0.255 e. The summed E-state index contributed by atoms with van der Waals surface area (Å²) in [7, 11) is 0. The largest absolute Gasteiger partial charge is 0.255 e. The highest BCUT2D eigenvalue weighted by Crippen LogP contribution is 2.41. The SMILES string of the molecule is c1ccc(-c2cc(-c3cc(-c4cccc5ccccc45)ccc3-c3ccc4sc5cccnc5c4c3)nc(-c3ccccc3)n2)cc1. The number of hydrogen-bond acceptors (Lipinski definition) is 4. The molecule has 0 bridgehead atoms. The van der Waals surface area contributed by atoms with Gasteiger partial charge < -0.3 is 0 Å². The van der Waals surface area contributed by atoms with Gasteiger partial charge in [-0.25, -0.2) is 9.97 Å². The zero-order valence-electron chi connectivity index (χ0n) is 25.3. The second-order valence-electron chi connectivity index (χ2n) is 11.6. The van der Waals surface area contributed by atoms with Crippen molar-refractivity contribution in [1.29, 1.82) is 0 Å². The molecule has 0 aliphatic heterocycles. The first-order valence-electron chi connectivity index (χ1n) is 15.7. The molecular weight excluding hydrogens is 591 g/mol. The van der Waals surface area contributed by atoms with Crippen molar-refractivity contribution < 1.29 is 0 Å². The van der Waals surface area contributed by atoms with Crippen LogP contribution in [0.4, 0.5) is 0 Å². The lowest BCUT2D eigenvalue weighted by Gasteiger charge is -2.16. The molecule has 3 heterocycles. The highest BCUT2D eigenvalue weighted by atomic mass is 32.1. The number of nitrogens with zero attached hydrogens (tertiary/aromatic N) is 3. The van der Waals surface area contributed by atoms with Gasteiger partial charge in [-0.15, -0.1) is 11.3 Å². The average molecular weight is 618 g/mol. The molecule has 0 spiro atoms. The predicted octanol–water partition coefficient (Wildman–Crippen LogP) is 11.7. The molecule has 9 aromatic rings. The molecule has 0 N–H and O–H groups in total. The van der Waals surface area contributed by atoms with Crippen molar-refractivity contribution in [2.24, 2.45) is 0 Å². The molecule has 6 aromatic carbocycles. The quantitative estimate of drug-likeness (QED) is 0.193. The average Bonchev–Trinajstić information content (AvgIpc) is 3.53. The maximum atomic E-state index is 5.26. The molecule has 3 aromatic heterocycles. The molecule has 4 heteroatoms. The Bertz CT molecular complexity index is 2510. The fourth-order valence-corrected chi connectivity index (χ4v) is 7.52. The minimum atomic E-state index is 0.701. The van der Waals surface area contributed by atoms with Gasteiger partial charge in [0.2, 0.25) is 0 Å². The summed E-state index contributed by atoms with van der Waals surface area (Å²) in [4.78, 5) is 15.1. The number of benzene rings is 6. The maximum Gasteiger partial charge on any atom is 0.160 e. The van der Waals surface area contributed by atoms with Crippen LogP contribution in [0.2, 0.25) is 0 Å². The van der Waals surface area contributed by atoms with Gasteiger partial charge in [0.05, 0.1) is 21.6 Å². The van der Waals surface area contributed by atoms with E-state index in [2.05, 4.69) is 127 Å². The second-order valence-corrected chi connectivity index (χ2v) is 12.7. The van der Waals surface area contributed by atoms with Crippen LogP contribution < -0.4 is 0 Å². The first-order chi connectivity index (χ1) is 23.3. The van der Waals surface area contributed by atoms with Crippen LogP contribution in [0.15, 0.2) is 164 Å². The Balaban J connectivity index is 1.32. The number of pyridine rings is 1. The van der Waals surface area contributed by atoms with Crippen LogP contribution in [0, 0.1) is 0 Å². The van der Waals surface area contributed by atoms with Crippen molar-refractivity contribution in [3.8, 4) is 56.2 Å². The van der Waals surface area contributed by atoms with Crippen LogP contribution in [0.1, 0.15) is 0 Å². The smallest absolute Gasteiger partial charge is 0.160 e. The van der Waals surface area contributed by atoms with Crippen LogP contribution in [-0.2, 0) is 0 Å². The summed E-state index contributed by atoms with van der Waals surface area (Å²) in [5.74, 6) is 0.701. The molecule has 0 saturated carbocycles. The van der Waals surface area contributed by atoms with Crippen LogP contribution in [0.25, 0.3) is 87.2 Å². The molecular formula is C43H27N3S. The molecule has 0 amide bonds. The lowest BCUT2D eigenvalue weighted by molar-refractivity contribution is 1.18. The van der Waals surface area contributed by atoms with E-state index in [1.165, 1.54) is 31.1 Å². The van der Waals surface area contributed by atoms with Gasteiger partial charge in [0.25, 0.3) is 0 Å². The molecule has 47 heavy (non-hydrogen) atoms. The normalized spacial score (nSPS) is 11.4. The van der Waals surface area contributed by atoms with Crippen molar-refractivity contribution in [3.05, 3.63) is 164 Å². The zero-order valence-corrected chi connectivity index (χ0v) is 26.2. The Morgan fingerprint density at radius 2 is 1.13 bits per heavy atom. The monoisotopic (exact) mass is 617 g/mol. The summed E-state index contributed by atoms with van der Waals surface area (Å²) in [6.07, 6.45) is 1.88. The van der Waals surface area contributed by atoms with Crippen LogP contribution in [0.3, 0.4) is 0 Å². The van der Waals surface area contributed by atoms with Gasteiger partial charge in [-0.1, -0.05) is 121 Å². The standard InChI is InChI=1S/C43H27N3S/c1-3-12-29(13-4-1)38-27-39(46-43(45-38)30-14-5-2-6-15-30)36-25-31(34-18-9-16-28-11-7-8-17-33(28)34)20-22-35(36)32-21-23-40-37(26-32)42-41(47-40)19-10-24-44-42/h1-27H. The van der Waals surface area contributed by atoms with E-state index in [1.54, 1.807) is 11.3 Å². The van der Waals surface area contributed by atoms with Crippen LogP contribution in [0.5, 0.6) is 0 Å². The number of fused-ring (bicyclic) bond motifs is 4. The van der Waals surface area contributed by atoms with Crippen molar-refractivity contribution in [1.82, 2.24) is 15.0 Å². The molecule has 0 aliphatic carbocycles. The third-order valence-corrected chi connectivity index (χ3v) is 9.89. The number of thiophene rings is 1. The number of hydrogen-bond donors (Lipinski definition) is 0. The van der Waals surface area contributed by atoms with E-state index in [4.69, 9.17) is 15.0 Å². The van der Waals surface area contributed by atoms with E-state index >= 15 is 0 Å². The molecule has 0 radical (unpaired) electrons. The molecule has 0 unspecified atom stereocenters. The molecule has 0 aliphatic rings. The Morgan fingerprint density at radius 1 is 0.404 bits per heavy atom. The van der Waals surface area contributed by atoms with Gasteiger partial charge in [0, 0.05) is 33.0 Å². The number of rotatable bonds is 5. The number of aromatic nitrogens is 3. The predicted molar refractivity (Wildman–Crippen MR) is 197 cm³/mol. The van der Waals surface area contributed by atoms with Gasteiger partial charge in [0.15, 0.2) is 5.82 Å². The van der Waals surface area contributed by atoms with E-state index in [0.29, 0.717) is 5.82 Å². The second kappa shape index (κ2) is 11.4. The Morgan fingerprint density at radius 3 is 2.00 bits per heavy atom. The van der Waals surface area contributed by atoms with E-state index in [9.17, 15) is 0 Å². The van der Waals surface area contributed by atoms with Crippen molar-refractivity contribution in [2.75, 3.05) is 0 Å². The van der Waals surface area contributed by atoms with Gasteiger partial charge in [0.1, 0.15) is 0 Å². The lowest BCUT2D eigenvalue weighted by Crippen LogP contribution is -1.97. The summed E-state index contributed by atoms with van der Waals surface area (Å²) in [6, 6.07) is 55.5. The van der Waals surface area contributed by atoms with E-state index in [0.717, 1.165) is 50.3 Å². The summed E-state index contributed by atoms with van der Waals surface area (Å²) in [5.41, 5.74) is 10.5. The van der Waals surface area contributed by atoms with Crippen LogP contribution in [-0.4, -0.2) is 15.0 Å². The maximum absolute atomic E-state index is 5.26. The minimum absolute atomic E-state index is 0.701. The zero-order chi connectivity index (χ0) is 31.2. The third-order valence-electron chi connectivity index (χ3n) is 8.76. The third kappa shape index (κ3) is 4.96. The van der Waals surface area contributed by atoms with Crippen molar-refractivity contribution in [3.63, 3.8) is 0 Å². The van der Waals surface area contributed by atoms with Gasteiger partial charge >= 0.3 is 0 Å². The summed E-state index contributed by atoms with van der Waals surface area (Å²) in [5, 5.41) is 3.62. The van der Waals surface area contributed by atoms with E-state index in [-0.39, 0.29) is 0 Å². The van der Waals surface area contributed by atoms with Gasteiger partial charge in [-0.3, -0.25) is 4.98 Å². The summed E-state index contributed by atoms with van der Waals surface area (Å²) >= 11 is 1.78. The molecule has 9 rings (SSSR count). The Hall–Kier alpha value is -5.97. The lowest BCUT2D eigenvalue weighted by atomic mass is 9.90. The molecule has 0 saturated heterocycles. The molecule has 220 valence electrons. The van der Waals surface area contributed by atoms with Crippen molar-refractivity contribution >= 4 is 42.4 Å². The summed E-state index contributed by atoms with van der Waals surface area (Å²) in [6.45, 7) is 0. The Kier molecular flexibility index (Phi) is 6.65. The first-order valence-corrected chi connectivity index (χ1v) is 16.5. The molecule has 3 nitrogen and oxygen atoms in total. The van der Waals surface area contributed by atoms with Gasteiger partial charge in [-0.05, 0) is 69.4 Å². The van der Waals surface area contributed by atoms with Gasteiger partial charge in [-0.2, -0.15) is 0 Å². The Labute approximate surface area is 276 Å². The highest BCUT2D eigenvalue weighted by molar-refractivity contribution is 7.25.